The highest BCUT2D eigenvalue weighted by Gasteiger charge is 2.25. The molecular formula is C27H37NO3. The number of ether oxygens (including phenoxy) is 1. The van der Waals surface area contributed by atoms with Gasteiger partial charge in [0.05, 0.1) is 7.11 Å². The molecular weight excluding hydrogens is 386 g/mol. The maximum atomic E-state index is 12.9. The first kappa shape index (κ1) is 24.7. The number of nitrogens with zero attached hydrogens (tertiary/aromatic N) is 1. The van der Waals surface area contributed by atoms with Crippen LogP contribution in [0.5, 0.6) is 11.5 Å². The predicted molar refractivity (Wildman–Crippen MR) is 129 cm³/mol. The van der Waals surface area contributed by atoms with Gasteiger partial charge in [0.1, 0.15) is 11.5 Å². The Morgan fingerprint density at radius 2 is 1.68 bits per heavy atom. The van der Waals surface area contributed by atoms with Gasteiger partial charge in [-0.25, -0.2) is 0 Å². The zero-order valence-electron chi connectivity index (χ0n) is 20.5. The van der Waals surface area contributed by atoms with E-state index < -0.39 is 0 Å². The van der Waals surface area contributed by atoms with Crippen LogP contribution in [0.1, 0.15) is 74.2 Å². The number of methoxy groups -OCH3 is 1. The molecule has 31 heavy (non-hydrogen) atoms. The normalized spacial score (nSPS) is 12.6. The van der Waals surface area contributed by atoms with Crippen molar-refractivity contribution >= 4 is 11.9 Å². The van der Waals surface area contributed by atoms with Crippen LogP contribution in [0.15, 0.2) is 36.4 Å². The van der Waals surface area contributed by atoms with Gasteiger partial charge in [-0.15, -0.1) is 0 Å². The second kappa shape index (κ2) is 9.27. The minimum atomic E-state index is -0.111. The monoisotopic (exact) mass is 423 g/mol. The van der Waals surface area contributed by atoms with Crippen molar-refractivity contribution in [3.05, 3.63) is 64.2 Å². The molecule has 0 unspecified atom stereocenters. The van der Waals surface area contributed by atoms with Crippen LogP contribution < -0.4 is 4.74 Å². The summed E-state index contributed by atoms with van der Waals surface area (Å²) < 4.78 is 5.79. The van der Waals surface area contributed by atoms with Crippen molar-refractivity contribution in [2.75, 3.05) is 21.2 Å². The quantitative estimate of drug-likeness (QED) is 0.460. The van der Waals surface area contributed by atoms with E-state index in [9.17, 15) is 9.90 Å². The maximum Gasteiger partial charge on any atom is 0.185 e. The van der Waals surface area contributed by atoms with E-state index in [0.29, 0.717) is 12.1 Å². The van der Waals surface area contributed by atoms with E-state index in [0.717, 1.165) is 22.4 Å². The minimum absolute atomic E-state index is 0.0308. The summed E-state index contributed by atoms with van der Waals surface area (Å²) in [6.07, 6.45) is 3.42. The van der Waals surface area contributed by atoms with Crippen LogP contribution in [0.4, 0.5) is 0 Å². The Kier molecular flexibility index (Phi) is 7.38. The lowest BCUT2D eigenvalue weighted by molar-refractivity contribution is 0.104. The Hall–Kier alpha value is -2.59. The minimum Gasteiger partial charge on any atom is -0.508 e. The second-order valence-electron chi connectivity index (χ2n) is 10.4. The number of carbonyl (C=O) groups excluding carboxylic acids is 1. The Morgan fingerprint density at radius 3 is 2.19 bits per heavy atom. The van der Waals surface area contributed by atoms with Gasteiger partial charge in [-0.2, -0.15) is 0 Å². The van der Waals surface area contributed by atoms with Gasteiger partial charge in [0.2, 0.25) is 0 Å². The SMILES string of the molecule is COc1c(C=CC(=O)c2ccc(O)c(CN(C)C)c2)cc(C(C)(C)C)cc1C(C)(C)C. The van der Waals surface area contributed by atoms with Gasteiger partial charge < -0.3 is 14.7 Å². The van der Waals surface area contributed by atoms with Gasteiger partial charge in [-0.3, -0.25) is 4.79 Å². The largest absolute Gasteiger partial charge is 0.508 e. The average Bonchev–Trinajstić information content (AvgIpc) is 2.65. The molecule has 0 amide bonds. The third kappa shape index (κ3) is 6.20. The molecule has 0 atom stereocenters. The molecule has 0 heterocycles. The summed E-state index contributed by atoms with van der Waals surface area (Å²) >= 11 is 0. The highest BCUT2D eigenvalue weighted by atomic mass is 16.5. The summed E-state index contributed by atoms with van der Waals surface area (Å²) in [5.41, 5.74) is 4.35. The van der Waals surface area contributed by atoms with Crippen LogP contribution in [0.25, 0.3) is 6.08 Å². The number of allylic oxidation sites excluding steroid dienone is 1. The number of phenolic OH excluding ortho intramolecular Hbond substituents is 1. The molecule has 0 aliphatic heterocycles. The zero-order chi connectivity index (χ0) is 23.6. The van der Waals surface area contributed by atoms with Crippen LogP contribution in [-0.2, 0) is 17.4 Å². The van der Waals surface area contributed by atoms with E-state index in [2.05, 4.69) is 53.7 Å². The molecule has 0 aliphatic rings. The summed E-state index contributed by atoms with van der Waals surface area (Å²) in [5, 5.41) is 10.1. The number of aromatic hydroxyl groups is 1. The van der Waals surface area contributed by atoms with Crippen LogP contribution in [-0.4, -0.2) is 37.0 Å². The van der Waals surface area contributed by atoms with E-state index in [4.69, 9.17) is 4.74 Å². The Bertz CT molecular complexity index is 973. The molecule has 0 spiro atoms. The van der Waals surface area contributed by atoms with Crippen molar-refractivity contribution in [2.24, 2.45) is 0 Å². The molecule has 0 saturated carbocycles. The fraction of sp³-hybridized carbons (Fsp3) is 0.444. The van der Waals surface area contributed by atoms with E-state index in [1.807, 2.05) is 25.1 Å². The fourth-order valence-electron chi connectivity index (χ4n) is 3.46. The Balaban J connectivity index is 2.51. The predicted octanol–water partition coefficient (Wildman–Crippen LogP) is 5.95. The first-order valence-corrected chi connectivity index (χ1v) is 10.7. The number of carbonyl (C=O) groups is 1. The Labute approximate surface area is 187 Å². The molecule has 2 aromatic rings. The number of benzene rings is 2. The third-order valence-electron chi connectivity index (χ3n) is 5.26. The highest BCUT2D eigenvalue weighted by Crippen LogP contribution is 2.39. The summed E-state index contributed by atoms with van der Waals surface area (Å²) in [6.45, 7) is 13.6. The van der Waals surface area contributed by atoms with Crippen molar-refractivity contribution in [2.45, 2.75) is 58.9 Å². The van der Waals surface area contributed by atoms with Crippen molar-refractivity contribution in [3.8, 4) is 11.5 Å². The second-order valence-corrected chi connectivity index (χ2v) is 10.4. The summed E-state index contributed by atoms with van der Waals surface area (Å²) in [4.78, 5) is 14.9. The first-order valence-electron chi connectivity index (χ1n) is 10.7. The highest BCUT2D eigenvalue weighted by molar-refractivity contribution is 6.07. The van der Waals surface area contributed by atoms with Gasteiger partial charge in [0, 0.05) is 28.8 Å². The summed E-state index contributed by atoms with van der Waals surface area (Å²) in [7, 11) is 5.53. The molecule has 0 aromatic heterocycles. The molecule has 4 heteroatoms. The molecule has 2 rings (SSSR count). The molecule has 0 bridgehead atoms. The third-order valence-corrected chi connectivity index (χ3v) is 5.26. The lowest BCUT2D eigenvalue weighted by atomic mass is 9.79. The van der Waals surface area contributed by atoms with Crippen molar-refractivity contribution < 1.29 is 14.6 Å². The topological polar surface area (TPSA) is 49.8 Å². The van der Waals surface area contributed by atoms with Crippen LogP contribution >= 0.6 is 0 Å². The zero-order valence-corrected chi connectivity index (χ0v) is 20.5. The first-order chi connectivity index (χ1) is 14.2. The number of hydrogen-bond donors (Lipinski definition) is 1. The molecule has 0 radical (unpaired) electrons. The number of hydrogen-bond acceptors (Lipinski definition) is 4. The molecule has 0 saturated heterocycles. The molecule has 168 valence electrons. The van der Waals surface area contributed by atoms with Crippen molar-refractivity contribution in [3.63, 3.8) is 0 Å². The molecule has 1 N–H and O–H groups in total. The molecule has 2 aromatic carbocycles. The lowest BCUT2D eigenvalue weighted by Gasteiger charge is -2.28. The summed E-state index contributed by atoms with van der Waals surface area (Å²) in [6, 6.07) is 9.31. The lowest BCUT2D eigenvalue weighted by Crippen LogP contribution is -2.18. The fourth-order valence-corrected chi connectivity index (χ4v) is 3.46. The van der Waals surface area contributed by atoms with E-state index >= 15 is 0 Å². The average molecular weight is 424 g/mol. The van der Waals surface area contributed by atoms with Gasteiger partial charge in [0.15, 0.2) is 5.78 Å². The maximum absolute atomic E-state index is 12.9. The number of phenols is 1. The van der Waals surface area contributed by atoms with Crippen molar-refractivity contribution in [1.29, 1.82) is 0 Å². The molecule has 0 aliphatic carbocycles. The van der Waals surface area contributed by atoms with Gasteiger partial charge in [-0.05, 0) is 66.9 Å². The smallest absolute Gasteiger partial charge is 0.185 e. The molecule has 4 nitrogen and oxygen atoms in total. The van der Waals surface area contributed by atoms with Crippen molar-refractivity contribution in [1.82, 2.24) is 4.90 Å². The van der Waals surface area contributed by atoms with Gasteiger partial charge >= 0.3 is 0 Å². The standard InChI is InChI=1S/C27H37NO3/c1-26(2,3)21-15-19(25(31-9)22(16-21)27(4,5)6)11-13-23(29)18-10-12-24(30)20(14-18)17-28(7)8/h10-16,30H,17H2,1-9H3. The van der Waals surface area contributed by atoms with E-state index in [1.165, 1.54) is 5.56 Å². The Morgan fingerprint density at radius 1 is 1.03 bits per heavy atom. The van der Waals surface area contributed by atoms with Crippen LogP contribution in [0.3, 0.4) is 0 Å². The number of ketones is 1. The van der Waals surface area contributed by atoms with Gasteiger partial charge in [0.25, 0.3) is 0 Å². The van der Waals surface area contributed by atoms with E-state index in [1.54, 1.807) is 31.4 Å². The van der Waals surface area contributed by atoms with E-state index in [-0.39, 0.29) is 22.4 Å². The van der Waals surface area contributed by atoms with Gasteiger partial charge in [-0.1, -0.05) is 47.6 Å². The number of rotatable bonds is 6. The molecule has 0 fully saturated rings. The van der Waals surface area contributed by atoms with Crippen LogP contribution in [0.2, 0.25) is 0 Å². The van der Waals surface area contributed by atoms with Crippen LogP contribution in [0, 0.1) is 0 Å². The summed E-state index contributed by atoms with van der Waals surface area (Å²) in [5.74, 6) is 0.882.